The number of rotatable bonds is 5. The predicted octanol–water partition coefficient (Wildman–Crippen LogP) is 3.09. The van der Waals surface area contributed by atoms with Gasteiger partial charge in [-0.15, -0.1) is 0 Å². The Hall–Kier alpha value is -3.77. The number of methoxy groups -OCH3 is 1. The van der Waals surface area contributed by atoms with Gasteiger partial charge >= 0.3 is 0 Å². The molecule has 1 aromatic heterocycles. The molecule has 1 unspecified atom stereocenters. The molecule has 2 fully saturated rings. The molecule has 6 rings (SSSR count). The van der Waals surface area contributed by atoms with Gasteiger partial charge in [0.1, 0.15) is 34.2 Å². The highest BCUT2D eigenvalue weighted by atomic mass is 32.2. The lowest BCUT2D eigenvalue weighted by Gasteiger charge is -2.50. The summed E-state index contributed by atoms with van der Waals surface area (Å²) in [5, 5.41) is 11.8. The second-order valence-corrected chi connectivity index (χ2v) is 11.9. The number of hydrogen-bond acceptors (Lipinski definition) is 8. The van der Waals surface area contributed by atoms with Crippen molar-refractivity contribution in [2.45, 2.75) is 37.2 Å². The molecule has 2 aromatic carbocycles. The van der Waals surface area contributed by atoms with Crippen LogP contribution < -0.4 is 10.1 Å². The van der Waals surface area contributed by atoms with Gasteiger partial charge in [-0.3, -0.25) is 0 Å². The highest BCUT2D eigenvalue weighted by Crippen LogP contribution is 2.50. The molecule has 1 N–H and O–H groups in total. The molecule has 0 bridgehead atoms. The largest absolute Gasteiger partial charge is 0.494 e. The van der Waals surface area contributed by atoms with Gasteiger partial charge in [-0.05, 0) is 42.8 Å². The molecule has 3 aliphatic rings. The Labute approximate surface area is 219 Å². The number of oxime groups is 1. The third-order valence-electron chi connectivity index (χ3n) is 7.46. The highest BCUT2D eigenvalue weighted by Gasteiger charge is 2.65. The van der Waals surface area contributed by atoms with Crippen molar-refractivity contribution in [2.24, 2.45) is 5.16 Å². The highest BCUT2D eigenvalue weighted by molar-refractivity contribution is 7.91. The summed E-state index contributed by atoms with van der Waals surface area (Å²) in [6.45, 7) is 4.26. The lowest BCUT2D eigenvalue weighted by molar-refractivity contribution is -0.0808. The van der Waals surface area contributed by atoms with Crippen molar-refractivity contribution in [3.8, 4) is 11.4 Å². The monoisotopic (exact) mass is 538 g/mol. The van der Waals surface area contributed by atoms with Gasteiger partial charge in [0.05, 0.1) is 7.11 Å². The normalized spacial score (nSPS) is 24.1. The summed E-state index contributed by atoms with van der Waals surface area (Å²) in [6.07, 6.45) is 4.09. The topological polar surface area (TPSA) is 111 Å². The van der Waals surface area contributed by atoms with E-state index in [1.807, 2.05) is 38.1 Å². The second-order valence-electron chi connectivity index (χ2n) is 9.72. The lowest BCUT2D eigenvalue weighted by atomic mass is 9.90. The zero-order chi connectivity index (χ0) is 26.7. The van der Waals surface area contributed by atoms with Gasteiger partial charge < -0.3 is 14.9 Å². The number of benzene rings is 2. The van der Waals surface area contributed by atoms with Crippen LogP contribution in [0.3, 0.4) is 0 Å². The van der Waals surface area contributed by atoms with Crippen LogP contribution in [0.4, 0.5) is 4.39 Å². The number of aryl methyl sites for hydroxylation is 1. The molecular weight excluding hydrogens is 511 g/mol. The molecule has 1 spiro atoms. The average molecular weight is 539 g/mol. The zero-order valence-corrected chi connectivity index (χ0v) is 22.0. The van der Waals surface area contributed by atoms with Crippen LogP contribution >= 0.6 is 0 Å². The van der Waals surface area contributed by atoms with E-state index < -0.39 is 26.3 Å². The number of sulfonamides is 1. The Balaban J connectivity index is 1.46. The van der Waals surface area contributed by atoms with E-state index in [1.54, 1.807) is 30.3 Å². The predicted molar refractivity (Wildman–Crippen MR) is 138 cm³/mol. The summed E-state index contributed by atoms with van der Waals surface area (Å²) >= 11 is 0. The minimum absolute atomic E-state index is 0.239. The maximum Gasteiger partial charge on any atom is 0.249 e. The molecule has 0 aliphatic carbocycles. The van der Waals surface area contributed by atoms with Crippen LogP contribution in [0.1, 0.15) is 36.7 Å². The number of amidine groups is 1. The van der Waals surface area contributed by atoms with E-state index >= 15 is 0 Å². The van der Waals surface area contributed by atoms with E-state index in [1.165, 1.54) is 16.4 Å². The van der Waals surface area contributed by atoms with Gasteiger partial charge in [-0.25, -0.2) is 26.8 Å². The van der Waals surface area contributed by atoms with Crippen molar-refractivity contribution in [2.75, 3.05) is 20.2 Å². The van der Waals surface area contributed by atoms with Crippen molar-refractivity contribution in [3.63, 3.8) is 0 Å². The van der Waals surface area contributed by atoms with Gasteiger partial charge in [-0.1, -0.05) is 30.3 Å². The molecule has 2 saturated heterocycles. The van der Waals surface area contributed by atoms with Crippen LogP contribution in [-0.4, -0.2) is 58.3 Å². The van der Waals surface area contributed by atoms with E-state index in [0.29, 0.717) is 30.2 Å². The first-order chi connectivity index (χ1) is 18.2. The number of nitrogens with zero attached hydrogens (tertiary/aromatic N) is 5. The SMILES string of the molecule is CCC1(c2ccc(F)cc2)ON=C2C(=Cc3ccc(-n4cnc(C)n4)c(OC)c3)CC3(CNC3)S(=O)(=O)N21. The third-order valence-corrected chi connectivity index (χ3v) is 9.93. The quantitative estimate of drug-likeness (QED) is 0.532. The maximum atomic E-state index is 14.1. The summed E-state index contributed by atoms with van der Waals surface area (Å²) in [6, 6.07) is 11.3. The molecular formula is C26H27FN6O4S. The van der Waals surface area contributed by atoms with Crippen molar-refractivity contribution < 1.29 is 22.4 Å². The lowest BCUT2D eigenvalue weighted by Crippen LogP contribution is -2.72. The fraction of sp³-hybridized carbons (Fsp3) is 0.346. The van der Waals surface area contributed by atoms with E-state index in [0.717, 1.165) is 16.8 Å². The van der Waals surface area contributed by atoms with Crippen LogP contribution in [-0.2, 0) is 20.6 Å². The van der Waals surface area contributed by atoms with E-state index in [9.17, 15) is 12.8 Å². The third kappa shape index (κ3) is 3.47. The zero-order valence-electron chi connectivity index (χ0n) is 21.2. The average Bonchev–Trinajstić information content (AvgIpc) is 3.50. The number of nitrogens with one attached hydrogen (secondary N) is 1. The molecule has 10 nitrogen and oxygen atoms in total. The Morgan fingerprint density at radius 2 is 1.97 bits per heavy atom. The Morgan fingerprint density at radius 1 is 1.21 bits per heavy atom. The molecule has 3 aliphatic heterocycles. The van der Waals surface area contributed by atoms with Crippen LogP contribution in [0.25, 0.3) is 11.8 Å². The first-order valence-corrected chi connectivity index (χ1v) is 13.7. The van der Waals surface area contributed by atoms with E-state index in [-0.39, 0.29) is 18.7 Å². The summed E-state index contributed by atoms with van der Waals surface area (Å²) < 4.78 is 49.5. The van der Waals surface area contributed by atoms with Crippen molar-refractivity contribution >= 4 is 21.9 Å². The Morgan fingerprint density at radius 3 is 2.58 bits per heavy atom. The van der Waals surface area contributed by atoms with Gasteiger partial charge in [0.15, 0.2) is 5.84 Å². The molecule has 4 heterocycles. The number of fused-ring (bicyclic) bond motifs is 1. The molecule has 0 radical (unpaired) electrons. The summed E-state index contributed by atoms with van der Waals surface area (Å²) in [5.74, 6) is 1.05. The van der Waals surface area contributed by atoms with Crippen molar-refractivity contribution in [3.05, 3.63) is 77.1 Å². The van der Waals surface area contributed by atoms with Crippen molar-refractivity contribution in [1.82, 2.24) is 24.4 Å². The molecule has 198 valence electrons. The van der Waals surface area contributed by atoms with E-state index in [2.05, 4.69) is 20.6 Å². The smallest absolute Gasteiger partial charge is 0.249 e. The minimum Gasteiger partial charge on any atom is -0.494 e. The first-order valence-electron chi connectivity index (χ1n) is 12.3. The van der Waals surface area contributed by atoms with Crippen LogP contribution in [0, 0.1) is 12.7 Å². The molecule has 12 heteroatoms. The number of hydrogen-bond donors (Lipinski definition) is 1. The van der Waals surface area contributed by atoms with Gasteiger partial charge in [-0.2, -0.15) is 5.10 Å². The van der Waals surface area contributed by atoms with Crippen LogP contribution in [0.15, 0.2) is 59.5 Å². The molecule has 38 heavy (non-hydrogen) atoms. The summed E-state index contributed by atoms with van der Waals surface area (Å²) in [7, 11) is -2.30. The van der Waals surface area contributed by atoms with Crippen LogP contribution in [0.2, 0.25) is 0 Å². The maximum absolute atomic E-state index is 14.1. The standard InChI is InChI=1S/C26H27FN6O4S/c1-4-26(20-6-8-21(27)9-7-20)33-24(31-37-26)19(13-25(14-28-15-25)38(33,34)35)11-18-5-10-22(23(12-18)36-3)32-16-29-17(2)30-32/h5-12,16,28H,4,13-15H2,1-3H3. The molecule has 3 aromatic rings. The molecule has 0 saturated carbocycles. The summed E-state index contributed by atoms with van der Waals surface area (Å²) in [4.78, 5) is 10.1. The second kappa shape index (κ2) is 8.63. The van der Waals surface area contributed by atoms with Gasteiger partial charge in [0.2, 0.25) is 15.7 Å². The van der Waals surface area contributed by atoms with E-state index in [4.69, 9.17) is 9.57 Å². The van der Waals surface area contributed by atoms with Gasteiger partial charge in [0.25, 0.3) is 0 Å². The minimum atomic E-state index is -3.88. The summed E-state index contributed by atoms with van der Waals surface area (Å²) in [5.41, 5.74) is 1.37. The van der Waals surface area contributed by atoms with Crippen LogP contribution in [0.5, 0.6) is 5.75 Å². The van der Waals surface area contributed by atoms with Gasteiger partial charge in [0, 0.05) is 37.1 Å². The molecule has 0 amide bonds. The van der Waals surface area contributed by atoms with Crippen molar-refractivity contribution in [1.29, 1.82) is 0 Å². The molecule has 1 atom stereocenters. The Bertz CT molecular complexity index is 1580. The number of aromatic nitrogens is 3. The number of ether oxygens (including phenoxy) is 1. The fourth-order valence-electron chi connectivity index (χ4n) is 5.33. The first kappa shape index (κ1) is 24.6. The number of halogens is 1. The fourth-order valence-corrected chi connectivity index (χ4v) is 7.66. The Kier molecular flexibility index (Phi) is 5.58.